The van der Waals surface area contributed by atoms with Crippen molar-refractivity contribution in [2.24, 2.45) is 0 Å². The average molecular weight is 376 g/mol. The Bertz CT molecular complexity index is 705. The van der Waals surface area contributed by atoms with Gasteiger partial charge in [0.05, 0.1) is 24.7 Å². The number of carbonyl (C=O) groups excluding carboxylic acids is 1. The largest absolute Gasteiger partial charge is 0.372 e. The number of amides is 1. The SMILES string of the molecule is CN(C(=O)CNS(=O)(=O)c1ccc2c(c1)COC2)C1CCNC1.Cl. The monoisotopic (exact) mass is 375 g/mol. The number of carbonyl (C=O) groups is 1. The van der Waals surface area contributed by atoms with Crippen molar-refractivity contribution in [1.29, 1.82) is 0 Å². The molecule has 7 nitrogen and oxygen atoms in total. The molecule has 1 unspecified atom stereocenters. The van der Waals surface area contributed by atoms with Crippen LogP contribution in [0, 0.1) is 0 Å². The van der Waals surface area contributed by atoms with Crippen molar-refractivity contribution in [2.75, 3.05) is 26.7 Å². The summed E-state index contributed by atoms with van der Waals surface area (Å²) in [5, 5.41) is 3.19. The summed E-state index contributed by atoms with van der Waals surface area (Å²) in [6.07, 6.45) is 0.889. The molecule has 0 spiro atoms. The molecule has 3 rings (SSSR count). The summed E-state index contributed by atoms with van der Waals surface area (Å²) in [6.45, 7) is 2.34. The Morgan fingerprint density at radius 1 is 1.38 bits per heavy atom. The fourth-order valence-electron chi connectivity index (χ4n) is 2.85. The Morgan fingerprint density at radius 3 is 2.83 bits per heavy atom. The quantitative estimate of drug-likeness (QED) is 0.769. The van der Waals surface area contributed by atoms with Gasteiger partial charge in [-0.15, -0.1) is 12.4 Å². The predicted octanol–water partition coefficient (Wildman–Crippen LogP) is 0.237. The van der Waals surface area contributed by atoms with Crippen LogP contribution in [0.15, 0.2) is 23.1 Å². The maximum absolute atomic E-state index is 12.3. The van der Waals surface area contributed by atoms with Crippen molar-refractivity contribution in [3.63, 3.8) is 0 Å². The first-order chi connectivity index (χ1) is 11.0. The molecule has 2 heterocycles. The Morgan fingerprint density at radius 2 is 2.12 bits per heavy atom. The average Bonchev–Trinajstić information content (AvgIpc) is 3.22. The molecule has 1 aromatic carbocycles. The summed E-state index contributed by atoms with van der Waals surface area (Å²) in [6, 6.07) is 5.05. The van der Waals surface area contributed by atoms with Gasteiger partial charge in [0, 0.05) is 19.6 Å². The van der Waals surface area contributed by atoms with Crippen molar-refractivity contribution in [1.82, 2.24) is 14.9 Å². The molecule has 1 amide bonds. The van der Waals surface area contributed by atoms with Gasteiger partial charge in [-0.25, -0.2) is 13.1 Å². The van der Waals surface area contributed by atoms with Crippen LogP contribution in [-0.2, 0) is 32.8 Å². The van der Waals surface area contributed by atoms with E-state index >= 15 is 0 Å². The molecule has 24 heavy (non-hydrogen) atoms. The molecule has 2 aliphatic rings. The molecule has 0 aromatic heterocycles. The lowest BCUT2D eigenvalue weighted by Gasteiger charge is -2.23. The zero-order valence-electron chi connectivity index (χ0n) is 13.4. The van der Waals surface area contributed by atoms with Crippen molar-refractivity contribution in [2.45, 2.75) is 30.6 Å². The highest BCUT2D eigenvalue weighted by molar-refractivity contribution is 7.89. The third kappa shape index (κ3) is 4.07. The van der Waals surface area contributed by atoms with Gasteiger partial charge >= 0.3 is 0 Å². The van der Waals surface area contributed by atoms with Gasteiger partial charge in [-0.3, -0.25) is 4.79 Å². The van der Waals surface area contributed by atoms with E-state index in [1.165, 1.54) is 0 Å². The predicted molar refractivity (Wildman–Crippen MR) is 91.4 cm³/mol. The second kappa shape index (κ2) is 7.79. The molecule has 0 saturated carbocycles. The number of hydrogen-bond acceptors (Lipinski definition) is 5. The molecule has 134 valence electrons. The Labute approximate surface area is 148 Å². The third-order valence-corrected chi connectivity index (χ3v) is 5.79. The Balaban J connectivity index is 0.00000208. The van der Waals surface area contributed by atoms with Crippen LogP contribution in [-0.4, -0.2) is 51.9 Å². The maximum Gasteiger partial charge on any atom is 0.241 e. The van der Waals surface area contributed by atoms with Crippen LogP contribution in [0.1, 0.15) is 17.5 Å². The normalized spacial score (nSPS) is 19.6. The van der Waals surface area contributed by atoms with E-state index in [1.807, 2.05) is 0 Å². The van der Waals surface area contributed by atoms with Crippen LogP contribution in [0.3, 0.4) is 0 Å². The van der Waals surface area contributed by atoms with Gasteiger partial charge in [0.1, 0.15) is 0 Å². The van der Waals surface area contributed by atoms with E-state index in [4.69, 9.17) is 4.74 Å². The van der Waals surface area contributed by atoms with Crippen LogP contribution in [0.25, 0.3) is 0 Å². The van der Waals surface area contributed by atoms with E-state index in [0.717, 1.165) is 30.6 Å². The topological polar surface area (TPSA) is 87.7 Å². The van der Waals surface area contributed by atoms with Crippen molar-refractivity contribution in [3.8, 4) is 0 Å². The molecule has 2 N–H and O–H groups in total. The number of benzene rings is 1. The standard InChI is InChI=1S/C15H21N3O4S.ClH/c1-18(13-4-5-16-7-13)15(19)8-17-23(20,21)14-3-2-11-9-22-10-12(11)6-14;/h2-3,6,13,16-17H,4-5,7-10H2,1H3;1H. The first-order valence-electron chi connectivity index (χ1n) is 7.63. The van der Waals surface area contributed by atoms with E-state index in [0.29, 0.717) is 13.2 Å². The fourth-order valence-corrected chi connectivity index (χ4v) is 3.88. The zero-order chi connectivity index (χ0) is 16.4. The second-order valence-electron chi connectivity index (χ2n) is 5.90. The summed E-state index contributed by atoms with van der Waals surface area (Å²) in [5.41, 5.74) is 1.89. The zero-order valence-corrected chi connectivity index (χ0v) is 15.1. The van der Waals surface area contributed by atoms with Crippen LogP contribution < -0.4 is 10.0 Å². The summed E-state index contributed by atoms with van der Waals surface area (Å²) >= 11 is 0. The first-order valence-corrected chi connectivity index (χ1v) is 9.11. The summed E-state index contributed by atoms with van der Waals surface area (Å²) in [4.78, 5) is 13.9. The second-order valence-corrected chi connectivity index (χ2v) is 7.67. The lowest BCUT2D eigenvalue weighted by molar-refractivity contribution is -0.130. The number of halogens is 1. The smallest absolute Gasteiger partial charge is 0.241 e. The van der Waals surface area contributed by atoms with Crippen molar-refractivity contribution >= 4 is 28.3 Å². The number of hydrogen-bond donors (Lipinski definition) is 2. The summed E-state index contributed by atoms with van der Waals surface area (Å²) in [7, 11) is -1.99. The molecule has 9 heteroatoms. The summed E-state index contributed by atoms with van der Waals surface area (Å²) < 4.78 is 32.4. The third-order valence-electron chi connectivity index (χ3n) is 4.39. The number of likely N-dealkylation sites (N-methyl/N-ethyl adjacent to an activating group) is 1. The number of ether oxygens (including phenoxy) is 1. The number of sulfonamides is 1. The van der Waals surface area contributed by atoms with Crippen molar-refractivity contribution in [3.05, 3.63) is 29.3 Å². The molecule has 0 aliphatic carbocycles. The maximum atomic E-state index is 12.3. The Hall–Kier alpha value is -1.19. The lowest BCUT2D eigenvalue weighted by Crippen LogP contribution is -2.44. The molecule has 1 saturated heterocycles. The molecule has 2 aliphatic heterocycles. The minimum absolute atomic E-state index is 0. The minimum Gasteiger partial charge on any atom is -0.372 e. The van der Waals surface area contributed by atoms with Gasteiger partial charge in [0.2, 0.25) is 15.9 Å². The number of nitrogens with zero attached hydrogens (tertiary/aromatic N) is 1. The number of fused-ring (bicyclic) bond motifs is 1. The lowest BCUT2D eigenvalue weighted by atomic mass is 10.1. The minimum atomic E-state index is -3.70. The van der Waals surface area contributed by atoms with Gasteiger partial charge in [-0.2, -0.15) is 0 Å². The molecular weight excluding hydrogens is 354 g/mol. The molecule has 1 atom stereocenters. The van der Waals surface area contributed by atoms with Gasteiger partial charge < -0.3 is 15.0 Å². The van der Waals surface area contributed by atoms with Crippen LogP contribution in [0.4, 0.5) is 0 Å². The van der Waals surface area contributed by atoms with Gasteiger partial charge in [-0.05, 0) is 36.2 Å². The molecule has 1 aromatic rings. The van der Waals surface area contributed by atoms with Crippen LogP contribution in [0.2, 0.25) is 0 Å². The van der Waals surface area contributed by atoms with Crippen molar-refractivity contribution < 1.29 is 17.9 Å². The van der Waals surface area contributed by atoms with E-state index in [2.05, 4.69) is 10.0 Å². The van der Waals surface area contributed by atoms with E-state index in [1.54, 1.807) is 30.1 Å². The fraction of sp³-hybridized carbons (Fsp3) is 0.533. The van der Waals surface area contributed by atoms with Gasteiger partial charge in [0.25, 0.3) is 0 Å². The van der Waals surface area contributed by atoms with Crippen LogP contribution >= 0.6 is 12.4 Å². The molecule has 1 fully saturated rings. The molecule has 0 radical (unpaired) electrons. The summed E-state index contributed by atoms with van der Waals surface area (Å²) in [5.74, 6) is -0.230. The molecular formula is C15H22ClN3O4S. The van der Waals surface area contributed by atoms with E-state index < -0.39 is 10.0 Å². The van der Waals surface area contributed by atoms with E-state index in [9.17, 15) is 13.2 Å². The first kappa shape index (κ1) is 19.1. The van der Waals surface area contributed by atoms with Gasteiger partial charge in [-0.1, -0.05) is 6.07 Å². The molecule has 0 bridgehead atoms. The Kier molecular flexibility index (Phi) is 6.22. The highest BCUT2D eigenvalue weighted by Gasteiger charge is 2.25. The number of rotatable bonds is 5. The van der Waals surface area contributed by atoms with Gasteiger partial charge in [0.15, 0.2) is 0 Å². The highest BCUT2D eigenvalue weighted by atomic mass is 35.5. The number of nitrogens with one attached hydrogen (secondary N) is 2. The van der Waals surface area contributed by atoms with Crippen LogP contribution in [0.5, 0.6) is 0 Å². The van der Waals surface area contributed by atoms with E-state index in [-0.39, 0.29) is 35.8 Å². The highest BCUT2D eigenvalue weighted by Crippen LogP contribution is 2.22.